The molecule has 2 unspecified atom stereocenters. The molecule has 0 radical (unpaired) electrons. The maximum Gasteiger partial charge on any atom is 0.347 e. The van der Waals surface area contributed by atoms with Gasteiger partial charge in [0.05, 0.1) is 12.5 Å². The summed E-state index contributed by atoms with van der Waals surface area (Å²) < 4.78 is 10.1. The molecule has 0 spiro atoms. The van der Waals surface area contributed by atoms with E-state index in [0.717, 1.165) is 38.5 Å². The standard InChI is InChI=1S/C17H28O4/c1-3-5-6-7-8-9-11-14(10-4-2)16(18)21-15-12-13-20-17(15)19/h6-7,14-15H,3-5,8-13H2,1-2H3/b7-6+. The Hall–Kier alpha value is -1.32. The van der Waals surface area contributed by atoms with Gasteiger partial charge in [0, 0.05) is 6.42 Å². The highest BCUT2D eigenvalue weighted by molar-refractivity contribution is 5.81. The average molecular weight is 296 g/mol. The van der Waals surface area contributed by atoms with Gasteiger partial charge in [-0.05, 0) is 32.1 Å². The second-order valence-electron chi connectivity index (χ2n) is 5.56. The van der Waals surface area contributed by atoms with Crippen LogP contribution in [-0.4, -0.2) is 24.6 Å². The van der Waals surface area contributed by atoms with E-state index in [-0.39, 0.29) is 11.9 Å². The minimum Gasteiger partial charge on any atom is -0.463 e. The van der Waals surface area contributed by atoms with Crippen LogP contribution >= 0.6 is 0 Å². The Morgan fingerprint density at radius 1 is 1.29 bits per heavy atom. The lowest BCUT2D eigenvalue weighted by Gasteiger charge is -2.16. The van der Waals surface area contributed by atoms with Crippen LogP contribution in [0.4, 0.5) is 0 Å². The first-order chi connectivity index (χ1) is 10.2. The number of esters is 2. The third kappa shape index (κ3) is 6.78. The molecule has 0 bridgehead atoms. The Kier molecular flexibility index (Phi) is 8.79. The molecule has 1 fully saturated rings. The van der Waals surface area contributed by atoms with E-state index in [2.05, 4.69) is 26.0 Å². The topological polar surface area (TPSA) is 52.6 Å². The van der Waals surface area contributed by atoms with Gasteiger partial charge in [0.2, 0.25) is 6.10 Å². The molecule has 2 atom stereocenters. The number of ether oxygens (including phenoxy) is 2. The monoisotopic (exact) mass is 296 g/mol. The molecule has 0 aromatic rings. The van der Waals surface area contributed by atoms with Crippen molar-refractivity contribution >= 4 is 11.9 Å². The van der Waals surface area contributed by atoms with Gasteiger partial charge in [0.25, 0.3) is 0 Å². The van der Waals surface area contributed by atoms with Crippen LogP contribution in [0.15, 0.2) is 12.2 Å². The Morgan fingerprint density at radius 3 is 2.67 bits per heavy atom. The molecular weight excluding hydrogens is 268 g/mol. The van der Waals surface area contributed by atoms with Gasteiger partial charge in [-0.1, -0.05) is 38.8 Å². The predicted molar refractivity (Wildman–Crippen MR) is 81.8 cm³/mol. The van der Waals surface area contributed by atoms with Crippen LogP contribution in [0.1, 0.15) is 65.2 Å². The van der Waals surface area contributed by atoms with Crippen molar-refractivity contribution in [3.8, 4) is 0 Å². The summed E-state index contributed by atoms with van der Waals surface area (Å²) in [7, 11) is 0. The highest BCUT2D eigenvalue weighted by Crippen LogP contribution is 2.20. The second-order valence-corrected chi connectivity index (χ2v) is 5.56. The molecule has 1 heterocycles. The van der Waals surface area contributed by atoms with Crippen LogP contribution in [0.5, 0.6) is 0 Å². The van der Waals surface area contributed by atoms with Crippen molar-refractivity contribution in [1.82, 2.24) is 0 Å². The van der Waals surface area contributed by atoms with Gasteiger partial charge >= 0.3 is 11.9 Å². The van der Waals surface area contributed by atoms with Gasteiger partial charge in [-0.25, -0.2) is 4.79 Å². The van der Waals surface area contributed by atoms with Crippen molar-refractivity contribution in [2.75, 3.05) is 6.61 Å². The number of cyclic esters (lactones) is 1. The van der Waals surface area contributed by atoms with Crippen molar-refractivity contribution < 1.29 is 19.1 Å². The third-order valence-corrected chi connectivity index (χ3v) is 3.66. The van der Waals surface area contributed by atoms with Crippen molar-refractivity contribution in [2.45, 2.75) is 71.3 Å². The lowest BCUT2D eigenvalue weighted by atomic mass is 9.97. The Bertz CT molecular complexity index is 349. The average Bonchev–Trinajstić information content (AvgIpc) is 2.86. The zero-order valence-corrected chi connectivity index (χ0v) is 13.3. The second kappa shape index (κ2) is 10.4. The number of hydrogen-bond acceptors (Lipinski definition) is 4. The fraction of sp³-hybridized carbons (Fsp3) is 0.765. The molecule has 1 aliphatic rings. The highest BCUT2D eigenvalue weighted by atomic mass is 16.6. The van der Waals surface area contributed by atoms with E-state index in [0.29, 0.717) is 13.0 Å². The fourth-order valence-corrected chi connectivity index (χ4v) is 2.43. The van der Waals surface area contributed by atoms with E-state index in [1.165, 1.54) is 6.42 Å². The molecular formula is C17H28O4. The first-order valence-corrected chi connectivity index (χ1v) is 8.21. The normalized spacial score (nSPS) is 19.7. The van der Waals surface area contributed by atoms with Gasteiger partial charge < -0.3 is 9.47 Å². The highest BCUT2D eigenvalue weighted by Gasteiger charge is 2.32. The van der Waals surface area contributed by atoms with Crippen LogP contribution in [0.25, 0.3) is 0 Å². The lowest BCUT2D eigenvalue weighted by Crippen LogP contribution is -2.27. The van der Waals surface area contributed by atoms with E-state index >= 15 is 0 Å². The molecule has 1 rings (SSSR count). The predicted octanol–water partition coefficient (Wildman–Crippen LogP) is 3.79. The number of carbonyl (C=O) groups excluding carboxylic acids is 2. The summed E-state index contributed by atoms with van der Waals surface area (Å²) in [6.07, 6.45) is 11.0. The van der Waals surface area contributed by atoms with E-state index < -0.39 is 12.1 Å². The number of rotatable bonds is 10. The smallest absolute Gasteiger partial charge is 0.347 e. The van der Waals surface area contributed by atoms with Crippen LogP contribution in [0.2, 0.25) is 0 Å². The maximum absolute atomic E-state index is 12.2. The zero-order chi connectivity index (χ0) is 15.5. The molecule has 1 saturated heterocycles. The Balaban J connectivity index is 2.33. The van der Waals surface area contributed by atoms with Crippen LogP contribution < -0.4 is 0 Å². The van der Waals surface area contributed by atoms with Crippen molar-refractivity contribution in [1.29, 1.82) is 0 Å². The summed E-state index contributed by atoms with van der Waals surface area (Å²) in [6, 6.07) is 0. The summed E-state index contributed by atoms with van der Waals surface area (Å²) in [6.45, 7) is 4.58. The lowest BCUT2D eigenvalue weighted by molar-refractivity contribution is -0.163. The number of hydrogen-bond donors (Lipinski definition) is 0. The molecule has 21 heavy (non-hydrogen) atoms. The summed E-state index contributed by atoms with van der Waals surface area (Å²) >= 11 is 0. The quantitative estimate of drug-likeness (QED) is 0.350. The fourth-order valence-electron chi connectivity index (χ4n) is 2.43. The molecule has 0 saturated carbocycles. The van der Waals surface area contributed by atoms with E-state index in [1.54, 1.807) is 0 Å². The summed E-state index contributed by atoms with van der Waals surface area (Å²) in [5.41, 5.74) is 0. The van der Waals surface area contributed by atoms with Gasteiger partial charge in [-0.15, -0.1) is 0 Å². The number of unbranched alkanes of at least 4 members (excludes halogenated alkanes) is 2. The van der Waals surface area contributed by atoms with E-state index in [4.69, 9.17) is 9.47 Å². The zero-order valence-electron chi connectivity index (χ0n) is 13.3. The van der Waals surface area contributed by atoms with Gasteiger partial charge in [-0.2, -0.15) is 0 Å². The van der Waals surface area contributed by atoms with E-state index in [1.807, 2.05) is 0 Å². The minimum absolute atomic E-state index is 0.0945. The molecule has 0 N–H and O–H groups in total. The van der Waals surface area contributed by atoms with Crippen LogP contribution in [0, 0.1) is 5.92 Å². The maximum atomic E-state index is 12.2. The largest absolute Gasteiger partial charge is 0.463 e. The van der Waals surface area contributed by atoms with E-state index in [9.17, 15) is 9.59 Å². The molecule has 0 aromatic heterocycles. The molecule has 1 aliphatic heterocycles. The Labute approximate surface area is 127 Å². The van der Waals surface area contributed by atoms with Gasteiger partial charge in [0.1, 0.15) is 0 Å². The first kappa shape index (κ1) is 17.7. The minimum atomic E-state index is -0.679. The number of carbonyl (C=O) groups is 2. The first-order valence-electron chi connectivity index (χ1n) is 8.21. The SMILES string of the molecule is CCC/C=C/CCCC(CCC)C(=O)OC1CCOC1=O. The van der Waals surface area contributed by atoms with Crippen molar-refractivity contribution in [3.05, 3.63) is 12.2 Å². The molecule has 0 aromatic carbocycles. The molecule has 120 valence electrons. The number of allylic oxidation sites excluding steroid dienone is 2. The van der Waals surface area contributed by atoms with Crippen LogP contribution in [-0.2, 0) is 19.1 Å². The summed E-state index contributed by atoms with van der Waals surface area (Å²) in [5.74, 6) is -0.734. The Morgan fingerprint density at radius 2 is 2.05 bits per heavy atom. The molecule has 0 aliphatic carbocycles. The van der Waals surface area contributed by atoms with Crippen molar-refractivity contribution in [2.24, 2.45) is 5.92 Å². The van der Waals surface area contributed by atoms with Crippen molar-refractivity contribution in [3.63, 3.8) is 0 Å². The van der Waals surface area contributed by atoms with Gasteiger partial charge in [-0.3, -0.25) is 4.79 Å². The van der Waals surface area contributed by atoms with Gasteiger partial charge in [0.15, 0.2) is 0 Å². The molecule has 4 nitrogen and oxygen atoms in total. The molecule has 4 heteroatoms. The summed E-state index contributed by atoms with van der Waals surface area (Å²) in [5, 5.41) is 0. The third-order valence-electron chi connectivity index (χ3n) is 3.66. The van der Waals surface area contributed by atoms with Crippen LogP contribution in [0.3, 0.4) is 0 Å². The summed E-state index contributed by atoms with van der Waals surface area (Å²) in [4.78, 5) is 23.5. The molecule has 0 amide bonds.